The molecule has 1 unspecified atom stereocenters. The molecule has 1 aromatic heterocycles. The number of aromatic nitrogens is 1. The van der Waals surface area contributed by atoms with Gasteiger partial charge in [-0.3, -0.25) is 24.2 Å². The first-order valence-electron chi connectivity index (χ1n) is 22.3. The maximum Gasteiger partial charge on any atom is 0.344 e. The number of methoxy groups -OCH3 is 3. The maximum absolute atomic E-state index is 15.5. The lowest BCUT2D eigenvalue weighted by molar-refractivity contribution is -0.228. The summed E-state index contributed by atoms with van der Waals surface area (Å²) in [6, 6.07) is 8.16. The van der Waals surface area contributed by atoms with Crippen LogP contribution in [-0.4, -0.2) is 146 Å². The third-order valence-corrected chi connectivity index (χ3v) is 16.2. The van der Waals surface area contributed by atoms with Gasteiger partial charge in [0.1, 0.15) is 11.2 Å². The van der Waals surface area contributed by atoms with Crippen LogP contribution in [0.25, 0.3) is 10.9 Å². The number of nitrogens with one attached hydrogen (secondary N) is 2. The van der Waals surface area contributed by atoms with Crippen molar-refractivity contribution in [2.45, 2.75) is 99.5 Å². The van der Waals surface area contributed by atoms with E-state index in [0.717, 1.165) is 22.0 Å². The number of benzene rings is 2. The van der Waals surface area contributed by atoms with Crippen molar-refractivity contribution in [3.63, 3.8) is 0 Å². The van der Waals surface area contributed by atoms with Crippen LogP contribution in [0.5, 0.6) is 5.75 Å². The summed E-state index contributed by atoms with van der Waals surface area (Å²) in [6.07, 6.45) is 5.49. The summed E-state index contributed by atoms with van der Waals surface area (Å²) in [6.45, 7) is 8.27. The first-order chi connectivity index (χ1) is 30.1. The first-order valence-corrected chi connectivity index (χ1v) is 22.3. The van der Waals surface area contributed by atoms with Crippen LogP contribution in [0.15, 0.2) is 42.5 Å². The highest BCUT2D eigenvalue weighted by molar-refractivity contribution is 6.00. The van der Waals surface area contributed by atoms with Crippen LogP contribution in [0.2, 0.25) is 0 Å². The Bertz CT molecular complexity index is 2430. The SMILES string of the molecule is CC[C@]1(O)C[C@H]2CN(CCc3c([nH]c4ccc(C(=O)NC)cc34)[C@@](C(=O)OC)(c3cc4c(cc3OC)N(C)[C@H]3[C@@](O)(C(=O)OC)[C@H](OC(C)=O)[C@]5(CC)C=CCN6CC[C@]43[C@@H]65)C2)C1. The average molecular weight is 868 g/mol. The monoisotopic (exact) mass is 867 g/mol. The smallest absolute Gasteiger partial charge is 0.344 e. The Balaban J connectivity index is 1.37. The van der Waals surface area contributed by atoms with E-state index in [4.69, 9.17) is 18.9 Å². The molecule has 1 saturated carbocycles. The van der Waals surface area contributed by atoms with Crippen molar-refractivity contribution < 1.29 is 48.3 Å². The van der Waals surface area contributed by atoms with Crippen LogP contribution in [0, 0.1) is 11.3 Å². The van der Waals surface area contributed by atoms with Crippen molar-refractivity contribution in [2.24, 2.45) is 11.3 Å². The second-order valence-corrected chi connectivity index (χ2v) is 19.0. The van der Waals surface area contributed by atoms with Crippen LogP contribution < -0.4 is 15.0 Å². The quantitative estimate of drug-likeness (QED) is 0.147. The predicted molar refractivity (Wildman–Crippen MR) is 234 cm³/mol. The number of aliphatic hydroxyl groups is 2. The van der Waals surface area contributed by atoms with Crippen molar-refractivity contribution in [1.82, 2.24) is 20.1 Å². The van der Waals surface area contributed by atoms with Gasteiger partial charge in [0.05, 0.1) is 33.0 Å². The Morgan fingerprint density at radius 3 is 2.38 bits per heavy atom. The summed E-state index contributed by atoms with van der Waals surface area (Å²) in [5.41, 5.74) is -2.05. The molecular weight excluding hydrogens is 807 g/mol. The molecule has 2 bridgehead atoms. The summed E-state index contributed by atoms with van der Waals surface area (Å²) in [7, 11) is 7.64. The average Bonchev–Trinajstić information content (AvgIpc) is 3.94. The van der Waals surface area contributed by atoms with Gasteiger partial charge in [-0.15, -0.1) is 0 Å². The Hall–Kier alpha value is -4.96. The predicted octanol–water partition coefficient (Wildman–Crippen LogP) is 3.35. The lowest BCUT2D eigenvalue weighted by Crippen LogP contribution is -2.81. The molecule has 15 nitrogen and oxygen atoms in total. The van der Waals surface area contributed by atoms with Crippen molar-refractivity contribution in [2.75, 3.05) is 73.0 Å². The Morgan fingerprint density at radius 1 is 0.952 bits per heavy atom. The lowest BCUT2D eigenvalue weighted by Gasteiger charge is -2.63. The minimum Gasteiger partial charge on any atom is -0.496 e. The van der Waals surface area contributed by atoms with Gasteiger partial charge >= 0.3 is 17.9 Å². The van der Waals surface area contributed by atoms with Crippen molar-refractivity contribution >= 4 is 40.4 Å². The number of amides is 1. The molecule has 2 aromatic carbocycles. The molecule has 1 aliphatic carbocycles. The van der Waals surface area contributed by atoms with Gasteiger partial charge in [0, 0.05) is 104 Å². The molecule has 0 radical (unpaired) electrons. The largest absolute Gasteiger partial charge is 0.496 e. The number of carbonyl (C=O) groups excluding carboxylic acids is 4. The second kappa shape index (κ2) is 15.1. The summed E-state index contributed by atoms with van der Waals surface area (Å²) in [5, 5.41) is 29.0. The van der Waals surface area contributed by atoms with E-state index in [-0.39, 0.29) is 24.3 Å². The molecule has 2 saturated heterocycles. The van der Waals surface area contributed by atoms with Crippen LogP contribution in [0.3, 0.4) is 0 Å². The van der Waals surface area contributed by atoms with Gasteiger partial charge in [0.15, 0.2) is 6.10 Å². The van der Waals surface area contributed by atoms with E-state index < -0.39 is 57.5 Å². The van der Waals surface area contributed by atoms with E-state index in [2.05, 4.69) is 26.2 Å². The molecule has 4 N–H and O–H groups in total. The number of esters is 3. The fraction of sp³-hybridized carbons (Fsp3) is 0.583. The molecule has 5 aliphatic heterocycles. The molecule has 10 atom stereocenters. The summed E-state index contributed by atoms with van der Waals surface area (Å²) < 4.78 is 24.0. The molecule has 6 aliphatic rings. The maximum atomic E-state index is 15.5. The molecule has 63 heavy (non-hydrogen) atoms. The van der Waals surface area contributed by atoms with Crippen LogP contribution in [0.4, 0.5) is 5.69 Å². The van der Waals surface area contributed by atoms with Crippen LogP contribution >= 0.6 is 0 Å². The number of anilines is 1. The van der Waals surface area contributed by atoms with Gasteiger partial charge in [0.25, 0.3) is 5.91 Å². The number of hydrogen-bond acceptors (Lipinski definition) is 13. The summed E-state index contributed by atoms with van der Waals surface area (Å²) in [5.74, 6) is -2.05. The Kier molecular flexibility index (Phi) is 10.4. The van der Waals surface area contributed by atoms with E-state index >= 15 is 4.79 Å². The standard InChI is InChI=1S/C48H61N5O10/c1-9-44(58)23-28-24-47(42(56)61-7,37-30(14-18-52(25-28)26-44)31-20-29(38(55)49-4)12-13-34(31)50-37)33-21-32-35(22-36(33)60-6)51(5)40-46(32)16-19-53-17-11-15-45(10-2,39(46)53)41(63-27(3)54)48(40,59)43(57)62-8/h11-13,15,20-22,28,39-41,50,58-59H,9-10,14,16-19,23-26H2,1-8H3,(H,49,55)/t28-,39+,40-,41-,44+,45-,46-,47+,48+/m1/s1. The zero-order valence-electron chi connectivity index (χ0n) is 37.6. The van der Waals surface area contributed by atoms with Gasteiger partial charge in [0.2, 0.25) is 5.60 Å². The van der Waals surface area contributed by atoms with Crippen LogP contribution in [-0.2, 0) is 45.8 Å². The fourth-order valence-electron chi connectivity index (χ4n) is 13.8. The normalized spacial score (nSPS) is 35.3. The van der Waals surface area contributed by atoms with Gasteiger partial charge < -0.3 is 44.4 Å². The number of aromatic amines is 1. The number of likely N-dealkylation sites (N-methyl/N-ethyl adjacent to an activating group) is 1. The van der Waals surface area contributed by atoms with Crippen molar-refractivity contribution in [3.8, 4) is 5.75 Å². The topological polar surface area (TPSA) is 183 Å². The molecule has 3 aromatic rings. The highest BCUT2D eigenvalue weighted by Gasteiger charge is 2.80. The zero-order chi connectivity index (χ0) is 45.0. The van der Waals surface area contributed by atoms with E-state index in [1.807, 2.05) is 56.1 Å². The lowest BCUT2D eigenvalue weighted by atomic mass is 9.47. The Morgan fingerprint density at radius 2 is 1.71 bits per heavy atom. The molecule has 3 fully saturated rings. The van der Waals surface area contributed by atoms with Crippen LogP contribution in [0.1, 0.15) is 85.6 Å². The van der Waals surface area contributed by atoms with E-state index in [9.17, 15) is 24.6 Å². The number of ether oxygens (including phenoxy) is 4. The van der Waals surface area contributed by atoms with Gasteiger partial charge in [-0.05, 0) is 86.4 Å². The Labute approximate surface area is 368 Å². The molecular formula is C48H61N5O10. The highest BCUT2D eigenvalue weighted by Crippen LogP contribution is 2.68. The minimum absolute atomic E-state index is 0.171. The van der Waals surface area contributed by atoms with E-state index in [0.29, 0.717) is 93.1 Å². The summed E-state index contributed by atoms with van der Waals surface area (Å²) in [4.78, 5) is 66.3. The third kappa shape index (κ3) is 5.77. The number of hydrogen-bond donors (Lipinski definition) is 4. The van der Waals surface area contributed by atoms with E-state index in [1.165, 1.54) is 21.1 Å². The molecule has 1 amide bonds. The molecule has 9 rings (SSSR count). The number of nitrogens with zero attached hydrogens (tertiary/aromatic N) is 3. The van der Waals surface area contributed by atoms with Crippen molar-refractivity contribution in [1.29, 1.82) is 0 Å². The fourth-order valence-corrected chi connectivity index (χ4v) is 13.8. The van der Waals surface area contributed by atoms with E-state index in [1.54, 1.807) is 20.2 Å². The molecule has 1 spiro atoms. The van der Waals surface area contributed by atoms with Gasteiger partial charge in [-0.2, -0.15) is 0 Å². The number of fused-ring (bicyclic) bond motifs is 6. The summed E-state index contributed by atoms with van der Waals surface area (Å²) >= 11 is 0. The first kappa shape index (κ1) is 43.3. The van der Waals surface area contributed by atoms with Gasteiger partial charge in [-0.1, -0.05) is 26.0 Å². The molecule has 6 heterocycles. The second-order valence-electron chi connectivity index (χ2n) is 19.0. The number of rotatable bonds is 8. The zero-order valence-corrected chi connectivity index (χ0v) is 37.6. The van der Waals surface area contributed by atoms with Gasteiger partial charge in [-0.25, -0.2) is 4.79 Å². The number of H-pyrrole nitrogens is 1. The minimum atomic E-state index is -2.34. The van der Waals surface area contributed by atoms with Crippen molar-refractivity contribution in [3.05, 3.63) is 70.4 Å². The molecule has 15 heteroatoms. The highest BCUT2D eigenvalue weighted by atomic mass is 16.6. The number of piperidine rings is 1. The molecule has 338 valence electrons. The third-order valence-electron chi connectivity index (χ3n) is 16.2. The number of carbonyl (C=O) groups is 4.